The largest absolute Gasteiger partial charge is 0.507 e. The number of aliphatic hydroxyl groups excluding tert-OH is 1. The molecule has 1 fully saturated rings. The monoisotopic (exact) mass is 487 g/mol. The minimum absolute atomic E-state index is 0.0172. The maximum atomic E-state index is 13.2. The van der Waals surface area contributed by atoms with Crippen molar-refractivity contribution in [3.05, 3.63) is 58.1 Å². The van der Waals surface area contributed by atoms with Gasteiger partial charge in [-0.1, -0.05) is 44.0 Å². The van der Waals surface area contributed by atoms with Gasteiger partial charge in [0.25, 0.3) is 11.7 Å². The lowest BCUT2D eigenvalue weighted by Gasteiger charge is -2.25. The molecule has 1 aliphatic heterocycles. The maximum Gasteiger partial charge on any atom is 0.295 e. The van der Waals surface area contributed by atoms with Crippen molar-refractivity contribution in [2.24, 2.45) is 0 Å². The normalized spacial score (nSPS) is 17.2. The highest BCUT2D eigenvalue weighted by Crippen LogP contribution is 2.43. The lowest BCUT2D eigenvalue weighted by molar-refractivity contribution is -0.139. The molecule has 34 heavy (non-hydrogen) atoms. The Morgan fingerprint density at radius 3 is 2.44 bits per heavy atom. The van der Waals surface area contributed by atoms with Crippen LogP contribution >= 0.6 is 11.6 Å². The van der Waals surface area contributed by atoms with E-state index in [0.717, 1.165) is 12.8 Å². The van der Waals surface area contributed by atoms with Gasteiger partial charge in [-0.15, -0.1) is 0 Å². The van der Waals surface area contributed by atoms with Crippen molar-refractivity contribution in [2.45, 2.75) is 39.2 Å². The topological polar surface area (TPSA) is 85.3 Å². The van der Waals surface area contributed by atoms with Gasteiger partial charge in [-0.25, -0.2) is 0 Å². The smallest absolute Gasteiger partial charge is 0.295 e. The van der Waals surface area contributed by atoms with Crippen LogP contribution in [0.2, 0.25) is 5.02 Å². The van der Waals surface area contributed by atoms with Gasteiger partial charge in [0.05, 0.1) is 43.0 Å². The third-order valence-electron chi connectivity index (χ3n) is 5.67. The summed E-state index contributed by atoms with van der Waals surface area (Å²) < 4.78 is 16.5. The van der Waals surface area contributed by atoms with Crippen LogP contribution in [0, 0.1) is 0 Å². The fourth-order valence-corrected chi connectivity index (χ4v) is 4.20. The van der Waals surface area contributed by atoms with E-state index >= 15 is 0 Å². The first-order chi connectivity index (χ1) is 16.4. The molecule has 0 spiro atoms. The molecule has 1 amide bonds. The Morgan fingerprint density at radius 1 is 1.06 bits per heavy atom. The molecule has 3 rings (SSSR count). The van der Waals surface area contributed by atoms with Crippen molar-refractivity contribution >= 4 is 29.1 Å². The first-order valence-electron chi connectivity index (χ1n) is 11.3. The second-order valence-corrected chi connectivity index (χ2v) is 8.36. The Labute approximate surface area is 204 Å². The molecule has 8 heteroatoms. The van der Waals surface area contributed by atoms with Gasteiger partial charge >= 0.3 is 0 Å². The number of amides is 1. The molecule has 0 aliphatic carbocycles. The molecule has 1 unspecified atom stereocenters. The van der Waals surface area contributed by atoms with Gasteiger partial charge in [-0.05, 0) is 36.6 Å². The first-order valence-corrected chi connectivity index (χ1v) is 11.7. The van der Waals surface area contributed by atoms with Gasteiger partial charge in [0.2, 0.25) is 0 Å². The molecule has 0 radical (unpaired) electrons. The number of aliphatic hydroxyl groups is 1. The van der Waals surface area contributed by atoms with E-state index in [1.807, 2.05) is 32.0 Å². The average Bonchev–Trinajstić information content (AvgIpc) is 3.10. The number of nitrogens with zero attached hydrogens (tertiary/aromatic N) is 1. The van der Waals surface area contributed by atoms with Gasteiger partial charge in [-0.3, -0.25) is 9.59 Å². The van der Waals surface area contributed by atoms with E-state index in [0.29, 0.717) is 36.6 Å². The highest BCUT2D eigenvalue weighted by molar-refractivity contribution is 6.46. The molecule has 1 heterocycles. The Bertz CT molecular complexity index is 1100. The molecular weight excluding hydrogens is 458 g/mol. The number of hydrogen-bond donors (Lipinski definition) is 1. The highest BCUT2D eigenvalue weighted by atomic mass is 35.5. The molecule has 1 N–H and O–H groups in total. The number of carbonyl (C=O) groups excluding carboxylic acids is 2. The molecular formula is C26H30ClNO6. The number of halogens is 1. The van der Waals surface area contributed by atoms with Crippen molar-refractivity contribution in [3.63, 3.8) is 0 Å². The number of Topliss-reactive ketones (excluding diaryl/α,β-unsaturated/α-hetero) is 1. The number of ether oxygens (including phenoxy) is 3. The zero-order valence-electron chi connectivity index (χ0n) is 19.9. The predicted octanol–water partition coefficient (Wildman–Crippen LogP) is 5.37. The van der Waals surface area contributed by atoms with Crippen LogP contribution < -0.4 is 14.2 Å². The van der Waals surface area contributed by atoms with E-state index in [9.17, 15) is 14.7 Å². The lowest BCUT2D eigenvalue weighted by atomic mass is 9.94. The van der Waals surface area contributed by atoms with Crippen molar-refractivity contribution in [1.82, 2.24) is 4.90 Å². The number of likely N-dealkylation sites (tertiary alicyclic amines) is 1. The summed E-state index contributed by atoms with van der Waals surface area (Å²) in [4.78, 5) is 27.8. The van der Waals surface area contributed by atoms with E-state index in [2.05, 4.69) is 0 Å². The van der Waals surface area contributed by atoms with Gasteiger partial charge in [0.15, 0.2) is 0 Å². The summed E-state index contributed by atoms with van der Waals surface area (Å²) in [7, 11) is 2.88. The summed E-state index contributed by atoms with van der Waals surface area (Å²) in [6.07, 6.45) is 2.41. The van der Waals surface area contributed by atoms with Crippen LogP contribution in [-0.4, -0.2) is 49.1 Å². The highest BCUT2D eigenvalue weighted by Gasteiger charge is 2.46. The van der Waals surface area contributed by atoms with Crippen LogP contribution in [0.5, 0.6) is 17.2 Å². The molecule has 7 nitrogen and oxygen atoms in total. The third kappa shape index (κ3) is 4.99. The van der Waals surface area contributed by atoms with Crippen LogP contribution in [0.25, 0.3) is 5.76 Å². The van der Waals surface area contributed by atoms with Crippen LogP contribution in [0.3, 0.4) is 0 Å². The van der Waals surface area contributed by atoms with E-state index < -0.39 is 17.7 Å². The number of unbranched alkanes of at least 4 members (excludes halogenated alkanes) is 1. The molecule has 2 aromatic carbocycles. The Balaban J connectivity index is 2.22. The predicted molar refractivity (Wildman–Crippen MR) is 131 cm³/mol. The zero-order valence-corrected chi connectivity index (χ0v) is 20.6. The maximum absolute atomic E-state index is 13.2. The molecule has 0 aromatic heterocycles. The Kier molecular flexibility index (Phi) is 8.45. The van der Waals surface area contributed by atoms with Crippen molar-refractivity contribution < 1.29 is 28.9 Å². The second-order valence-electron chi connectivity index (χ2n) is 7.95. The minimum Gasteiger partial charge on any atom is -0.507 e. The standard InChI is InChI=1S/C26H30ClNO6/c1-5-7-11-28-23(16-9-8-10-17(13-16)34-12-6-2)22(25(30)26(28)31)24(29)18-14-21(33-4)19(27)15-20(18)32-3/h8-10,13-15,23,29H,5-7,11-12H2,1-4H3/b24-22+. The quantitative estimate of drug-likeness (QED) is 0.275. The SMILES string of the molecule is CCCCN1C(=O)C(=O)/C(=C(/O)c2cc(OC)c(Cl)cc2OC)C1c1cccc(OCCC)c1. The average molecular weight is 488 g/mol. The molecule has 0 bridgehead atoms. The van der Waals surface area contributed by atoms with Crippen LogP contribution in [-0.2, 0) is 9.59 Å². The van der Waals surface area contributed by atoms with Crippen molar-refractivity contribution in [1.29, 1.82) is 0 Å². The van der Waals surface area contributed by atoms with Gasteiger partial charge in [0, 0.05) is 12.6 Å². The first kappa shape index (κ1) is 25.4. The van der Waals surface area contributed by atoms with E-state index in [-0.39, 0.29) is 27.7 Å². The van der Waals surface area contributed by atoms with E-state index in [1.54, 1.807) is 6.07 Å². The summed E-state index contributed by atoms with van der Waals surface area (Å²) in [5, 5.41) is 11.7. The third-order valence-corrected chi connectivity index (χ3v) is 5.96. The molecule has 1 atom stereocenters. The Hall–Kier alpha value is -3.19. The van der Waals surface area contributed by atoms with E-state index in [4.69, 9.17) is 25.8 Å². The van der Waals surface area contributed by atoms with Crippen LogP contribution in [0.4, 0.5) is 0 Å². The summed E-state index contributed by atoms with van der Waals surface area (Å²) in [5.74, 6) is -0.577. The van der Waals surface area contributed by atoms with E-state index in [1.165, 1.54) is 31.3 Å². The molecule has 182 valence electrons. The summed E-state index contributed by atoms with van der Waals surface area (Å²) in [6, 6.07) is 9.48. The molecule has 1 aliphatic rings. The number of carbonyl (C=O) groups is 2. The number of hydrogen-bond acceptors (Lipinski definition) is 6. The van der Waals surface area contributed by atoms with Crippen molar-refractivity contribution in [3.8, 4) is 17.2 Å². The van der Waals surface area contributed by atoms with Crippen LogP contribution in [0.1, 0.15) is 50.3 Å². The molecule has 2 aromatic rings. The lowest BCUT2D eigenvalue weighted by Crippen LogP contribution is -2.30. The van der Waals surface area contributed by atoms with Gasteiger partial charge in [-0.2, -0.15) is 0 Å². The number of rotatable bonds is 10. The number of ketones is 1. The molecule has 1 saturated heterocycles. The summed E-state index contributed by atoms with van der Waals surface area (Å²) in [5.41, 5.74) is 0.863. The van der Waals surface area contributed by atoms with Crippen LogP contribution in [0.15, 0.2) is 42.0 Å². The fourth-order valence-electron chi connectivity index (χ4n) is 3.97. The summed E-state index contributed by atoms with van der Waals surface area (Å²) >= 11 is 6.21. The zero-order chi connectivity index (χ0) is 24.8. The molecule has 0 saturated carbocycles. The van der Waals surface area contributed by atoms with Crippen molar-refractivity contribution in [2.75, 3.05) is 27.4 Å². The number of benzene rings is 2. The minimum atomic E-state index is -0.775. The fraction of sp³-hybridized carbons (Fsp3) is 0.385. The van der Waals surface area contributed by atoms with Gasteiger partial charge < -0.3 is 24.2 Å². The second kappa shape index (κ2) is 11.3. The summed E-state index contributed by atoms with van der Waals surface area (Å²) in [6.45, 7) is 4.94. The number of methoxy groups -OCH3 is 2. The van der Waals surface area contributed by atoms with Gasteiger partial charge in [0.1, 0.15) is 23.0 Å². The Morgan fingerprint density at radius 2 is 1.79 bits per heavy atom.